The Labute approximate surface area is 92.9 Å². The molecule has 0 aliphatic carbocycles. The molecule has 1 aromatic carbocycles. The van der Waals surface area contributed by atoms with Gasteiger partial charge in [0.2, 0.25) is 0 Å². The Kier molecular flexibility index (Phi) is 3.09. The zero-order valence-corrected chi connectivity index (χ0v) is 8.34. The molecule has 0 amide bonds. The molecule has 8 heteroatoms. The molecule has 0 aromatic heterocycles. The summed E-state index contributed by atoms with van der Waals surface area (Å²) in [5.74, 6) is 0. The van der Waals surface area contributed by atoms with Gasteiger partial charge >= 0.3 is 6.18 Å². The van der Waals surface area contributed by atoms with Crippen molar-refractivity contribution in [2.45, 2.75) is 11.1 Å². The highest BCUT2D eigenvalue weighted by Gasteiger charge is 2.37. The van der Waals surface area contributed by atoms with Crippen molar-refractivity contribution in [3.63, 3.8) is 0 Å². The number of nitrogens with zero attached hydrogens (tertiary/aromatic N) is 2. The van der Waals surface area contributed by atoms with Gasteiger partial charge in [0.15, 0.2) is 0 Å². The Morgan fingerprint density at radius 2 is 2.00 bits per heavy atom. The summed E-state index contributed by atoms with van der Waals surface area (Å²) < 4.78 is 37.4. The van der Waals surface area contributed by atoms with Crippen molar-refractivity contribution >= 4 is 18.3 Å². The van der Waals surface area contributed by atoms with E-state index in [1.54, 1.807) is 0 Å². The molecule has 0 spiro atoms. The molecular formula is C8H3F3N2O2S. The third-order valence-electron chi connectivity index (χ3n) is 1.72. The average molecular weight is 248 g/mol. The van der Waals surface area contributed by atoms with Crippen molar-refractivity contribution < 1.29 is 18.1 Å². The maximum atomic E-state index is 12.5. The number of benzene rings is 1. The zero-order valence-electron chi connectivity index (χ0n) is 7.45. The Morgan fingerprint density at radius 1 is 1.44 bits per heavy atom. The smallest absolute Gasteiger partial charge is 0.258 e. The minimum absolute atomic E-state index is 0.224. The highest BCUT2D eigenvalue weighted by molar-refractivity contribution is 7.80. The maximum Gasteiger partial charge on any atom is 0.417 e. The van der Waals surface area contributed by atoms with Crippen LogP contribution >= 0.6 is 12.6 Å². The van der Waals surface area contributed by atoms with Crippen LogP contribution in [0, 0.1) is 21.4 Å². The summed E-state index contributed by atoms with van der Waals surface area (Å²) in [5, 5.41) is 19.0. The number of nitriles is 1. The summed E-state index contributed by atoms with van der Waals surface area (Å²) >= 11 is 3.62. The summed E-state index contributed by atoms with van der Waals surface area (Å²) in [6.07, 6.45) is -4.82. The van der Waals surface area contributed by atoms with Crippen molar-refractivity contribution in [3.8, 4) is 6.07 Å². The predicted molar refractivity (Wildman–Crippen MR) is 50.1 cm³/mol. The standard InChI is InChI=1S/C8H3F3N2O2S/c9-8(10,11)6-1-4(16)2-7(13(14)15)5(6)3-12/h1-2,16H. The first-order valence-corrected chi connectivity index (χ1v) is 4.20. The first-order valence-electron chi connectivity index (χ1n) is 3.76. The van der Waals surface area contributed by atoms with E-state index < -0.39 is 27.9 Å². The number of hydrogen-bond acceptors (Lipinski definition) is 4. The summed E-state index contributed by atoms with van der Waals surface area (Å²) in [7, 11) is 0. The minimum atomic E-state index is -4.82. The molecule has 0 heterocycles. The van der Waals surface area contributed by atoms with E-state index in [1.165, 1.54) is 6.07 Å². The van der Waals surface area contributed by atoms with E-state index in [-0.39, 0.29) is 4.90 Å². The number of nitro groups is 1. The number of rotatable bonds is 1. The first-order chi connectivity index (χ1) is 7.27. The van der Waals surface area contributed by atoms with E-state index in [0.717, 1.165) is 6.07 Å². The van der Waals surface area contributed by atoms with Crippen molar-refractivity contribution in [2.24, 2.45) is 0 Å². The quantitative estimate of drug-likeness (QED) is 0.472. The van der Waals surface area contributed by atoms with Gasteiger partial charge in [0.05, 0.1) is 10.5 Å². The van der Waals surface area contributed by atoms with Crippen LogP contribution < -0.4 is 0 Å². The van der Waals surface area contributed by atoms with Gasteiger partial charge in [-0.15, -0.1) is 12.6 Å². The van der Waals surface area contributed by atoms with Crippen LogP contribution in [0.4, 0.5) is 18.9 Å². The van der Waals surface area contributed by atoms with E-state index in [4.69, 9.17) is 5.26 Å². The van der Waals surface area contributed by atoms with Gasteiger partial charge in [0.25, 0.3) is 5.69 Å². The van der Waals surface area contributed by atoms with E-state index in [2.05, 4.69) is 12.6 Å². The number of alkyl halides is 3. The fourth-order valence-corrected chi connectivity index (χ4v) is 1.35. The summed E-state index contributed by atoms with van der Waals surface area (Å²) in [4.78, 5) is 9.19. The van der Waals surface area contributed by atoms with E-state index in [0.29, 0.717) is 6.07 Å². The van der Waals surface area contributed by atoms with E-state index in [1.807, 2.05) is 0 Å². The molecule has 0 radical (unpaired) electrons. The molecule has 0 saturated carbocycles. The van der Waals surface area contributed by atoms with Crippen LogP contribution in [0.1, 0.15) is 11.1 Å². The lowest BCUT2D eigenvalue weighted by Crippen LogP contribution is -2.09. The van der Waals surface area contributed by atoms with Gasteiger partial charge < -0.3 is 0 Å². The van der Waals surface area contributed by atoms with Gasteiger partial charge in [-0.25, -0.2) is 0 Å². The molecule has 16 heavy (non-hydrogen) atoms. The lowest BCUT2D eigenvalue weighted by atomic mass is 10.1. The molecule has 0 N–H and O–H groups in total. The molecule has 84 valence electrons. The third kappa shape index (κ3) is 2.25. The van der Waals surface area contributed by atoms with Crippen molar-refractivity contribution in [1.29, 1.82) is 5.26 Å². The van der Waals surface area contributed by atoms with Crippen LogP contribution in [0.15, 0.2) is 17.0 Å². The highest BCUT2D eigenvalue weighted by atomic mass is 32.1. The molecular weight excluding hydrogens is 245 g/mol. The molecule has 0 unspecified atom stereocenters. The molecule has 1 aromatic rings. The molecule has 0 aliphatic rings. The maximum absolute atomic E-state index is 12.5. The lowest BCUT2D eigenvalue weighted by molar-refractivity contribution is -0.385. The molecule has 1 rings (SSSR count). The van der Waals surface area contributed by atoms with Gasteiger partial charge in [-0.05, 0) is 6.07 Å². The second-order valence-electron chi connectivity index (χ2n) is 2.75. The summed E-state index contributed by atoms with van der Waals surface area (Å²) in [6, 6.07) is 2.56. The highest BCUT2D eigenvalue weighted by Crippen LogP contribution is 2.37. The van der Waals surface area contributed by atoms with Crippen LogP contribution in [-0.4, -0.2) is 4.92 Å². The fourth-order valence-electron chi connectivity index (χ4n) is 1.10. The van der Waals surface area contributed by atoms with Crippen LogP contribution in [0.2, 0.25) is 0 Å². The Morgan fingerprint density at radius 3 is 2.38 bits per heavy atom. The Hall–Kier alpha value is -1.75. The summed E-state index contributed by atoms with van der Waals surface area (Å²) in [6.45, 7) is 0. The predicted octanol–water partition coefficient (Wildman–Crippen LogP) is 2.77. The van der Waals surface area contributed by atoms with Crippen molar-refractivity contribution in [2.75, 3.05) is 0 Å². The topological polar surface area (TPSA) is 66.9 Å². The zero-order chi connectivity index (χ0) is 12.5. The molecule has 0 aliphatic heterocycles. The van der Waals surface area contributed by atoms with Crippen LogP contribution in [0.3, 0.4) is 0 Å². The summed E-state index contributed by atoms with van der Waals surface area (Å²) in [5.41, 5.74) is -3.26. The van der Waals surface area contributed by atoms with Crippen LogP contribution in [-0.2, 0) is 6.18 Å². The molecule has 0 fully saturated rings. The van der Waals surface area contributed by atoms with E-state index in [9.17, 15) is 23.3 Å². The Bertz CT molecular complexity index is 493. The lowest BCUT2D eigenvalue weighted by Gasteiger charge is -2.09. The van der Waals surface area contributed by atoms with Crippen molar-refractivity contribution in [3.05, 3.63) is 33.4 Å². The monoisotopic (exact) mass is 248 g/mol. The minimum Gasteiger partial charge on any atom is -0.258 e. The van der Waals surface area contributed by atoms with Gasteiger partial charge in [0.1, 0.15) is 11.6 Å². The first kappa shape index (κ1) is 12.3. The van der Waals surface area contributed by atoms with Gasteiger partial charge in [-0.1, -0.05) is 0 Å². The largest absolute Gasteiger partial charge is 0.417 e. The fraction of sp³-hybridized carbons (Fsp3) is 0.125. The SMILES string of the molecule is N#Cc1c([N+](=O)[O-])cc(S)cc1C(F)(F)F. The van der Waals surface area contributed by atoms with E-state index >= 15 is 0 Å². The molecule has 0 saturated heterocycles. The van der Waals surface area contributed by atoms with Gasteiger partial charge in [0, 0.05) is 11.0 Å². The number of nitro benzene ring substituents is 1. The Balaban J connectivity index is 3.63. The van der Waals surface area contributed by atoms with Crippen LogP contribution in [0.25, 0.3) is 0 Å². The van der Waals surface area contributed by atoms with Gasteiger partial charge in [-0.2, -0.15) is 18.4 Å². The van der Waals surface area contributed by atoms with Crippen molar-refractivity contribution in [1.82, 2.24) is 0 Å². The average Bonchev–Trinajstić information content (AvgIpc) is 2.14. The second-order valence-corrected chi connectivity index (χ2v) is 3.27. The van der Waals surface area contributed by atoms with Gasteiger partial charge in [-0.3, -0.25) is 10.1 Å². The molecule has 0 bridgehead atoms. The molecule has 4 nitrogen and oxygen atoms in total. The third-order valence-corrected chi connectivity index (χ3v) is 1.97. The number of hydrogen-bond donors (Lipinski definition) is 1. The number of halogens is 3. The number of thiol groups is 1. The second kappa shape index (κ2) is 4.02. The molecule has 0 atom stereocenters. The van der Waals surface area contributed by atoms with Crippen LogP contribution in [0.5, 0.6) is 0 Å². The normalized spacial score (nSPS) is 10.9.